The number of aliphatic hydroxyl groups excluding tert-OH is 1. The standard InChI is InChI=1S/C6H12N2O4.C3H2N2O2.CH4O2/c1-5(9)7-3-8-6(10)12-4-11-2;6-2-4-1-5-3-7;2-1-3/h3-4H2,1-2H3,(H,7,9)(H,8,10);1H2;2-3H,1H2. The van der Waals surface area contributed by atoms with Crippen molar-refractivity contribution in [1.82, 2.24) is 10.6 Å². The van der Waals surface area contributed by atoms with Crippen molar-refractivity contribution in [2.45, 2.75) is 6.92 Å². The highest BCUT2D eigenvalue weighted by atomic mass is 16.7. The van der Waals surface area contributed by atoms with Crippen LogP contribution in [0.4, 0.5) is 4.79 Å². The number of carbonyl (C=O) groups excluding carboxylic acids is 4. The van der Waals surface area contributed by atoms with Crippen LogP contribution in [-0.4, -0.2) is 68.4 Å². The number of carbonyl (C=O) groups is 2. The molecular weight excluding hydrogens is 304 g/mol. The second-order valence-corrected chi connectivity index (χ2v) is 2.71. The molecule has 0 spiro atoms. The molecule has 0 aromatic rings. The summed E-state index contributed by atoms with van der Waals surface area (Å²) in [6, 6.07) is 0. The predicted octanol–water partition coefficient (Wildman–Crippen LogP) is -2.05. The van der Waals surface area contributed by atoms with Gasteiger partial charge in [-0.3, -0.25) is 4.79 Å². The number of isocyanates is 2. The zero-order chi connectivity index (χ0) is 17.6. The molecule has 22 heavy (non-hydrogen) atoms. The zero-order valence-corrected chi connectivity index (χ0v) is 12.1. The molecule has 0 atom stereocenters. The molecule has 0 aromatic carbocycles. The van der Waals surface area contributed by atoms with Gasteiger partial charge in [0.05, 0.1) is 6.67 Å². The van der Waals surface area contributed by atoms with Crippen molar-refractivity contribution in [3.05, 3.63) is 0 Å². The first-order valence-corrected chi connectivity index (χ1v) is 5.43. The second kappa shape index (κ2) is 23.5. The maximum atomic E-state index is 10.6. The average Bonchev–Trinajstić information content (AvgIpc) is 2.47. The first-order valence-electron chi connectivity index (χ1n) is 5.43. The number of nitrogens with one attached hydrogen (secondary N) is 2. The minimum Gasteiger partial charge on any atom is -0.422 e. The van der Waals surface area contributed by atoms with Gasteiger partial charge in [-0.1, -0.05) is 0 Å². The summed E-state index contributed by atoms with van der Waals surface area (Å²) in [7, 11) is 1.40. The van der Waals surface area contributed by atoms with Crippen LogP contribution in [0.15, 0.2) is 9.98 Å². The molecule has 0 aliphatic carbocycles. The fraction of sp³-hybridized carbons (Fsp3) is 0.600. The lowest BCUT2D eigenvalue weighted by atomic mass is 10.7. The van der Waals surface area contributed by atoms with Crippen molar-refractivity contribution < 1.29 is 38.9 Å². The Labute approximate surface area is 125 Å². The average molecular weight is 322 g/mol. The Hall–Kier alpha value is -2.62. The molecule has 0 fully saturated rings. The summed E-state index contributed by atoms with van der Waals surface area (Å²) < 4.78 is 8.92. The van der Waals surface area contributed by atoms with Crippen LogP contribution < -0.4 is 10.6 Å². The maximum absolute atomic E-state index is 10.6. The van der Waals surface area contributed by atoms with Crippen LogP contribution >= 0.6 is 0 Å². The van der Waals surface area contributed by atoms with Gasteiger partial charge in [0, 0.05) is 14.0 Å². The lowest BCUT2D eigenvalue weighted by Gasteiger charge is -2.05. The molecule has 126 valence electrons. The van der Waals surface area contributed by atoms with Crippen LogP contribution in [0.1, 0.15) is 6.92 Å². The third-order valence-corrected chi connectivity index (χ3v) is 1.15. The van der Waals surface area contributed by atoms with Crippen LogP contribution in [0, 0.1) is 0 Å². The Bertz CT molecular complexity index is 361. The molecular formula is C10H18N4O8. The Morgan fingerprint density at radius 1 is 1.14 bits per heavy atom. The monoisotopic (exact) mass is 322 g/mol. The van der Waals surface area contributed by atoms with Crippen LogP contribution in [0.3, 0.4) is 0 Å². The molecule has 0 unspecified atom stereocenters. The molecule has 2 amide bonds. The number of nitrogens with zero attached hydrogens (tertiary/aromatic N) is 2. The van der Waals surface area contributed by atoms with Gasteiger partial charge in [-0.2, -0.15) is 9.98 Å². The number of methoxy groups -OCH3 is 1. The fourth-order valence-corrected chi connectivity index (χ4v) is 0.497. The molecule has 0 aliphatic heterocycles. The SMILES string of the molecule is COCOC(=O)NCNC(C)=O.O=C=NCN=C=O.OCO. The Morgan fingerprint density at radius 2 is 1.64 bits per heavy atom. The van der Waals surface area contributed by atoms with Gasteiger partial charge in [-0.05, 0) is 0 Å². The van der Waals surface area contributed by atoms with E-state index < -0.39 is 12.9 Å². The van der Waals surface area contributed by atoms with Crippen LogP contribution in [-0.2, 0) is 23.9 Å². The Balaban J connectivity index is -0.000000305. The van der Waals surface area contributed by atoms with Gasteiger partial charge in [0.15, 0.2) is 13.5 Å². The minimum atomic E-state index is -0.750. The first-order chi connectivity index (χ1) is 10.5. The quantitative estimate of drug-likeness (QED) is 0.245. The number of hydrogen-bond donors (Lipinski definition) is 4. The van der Waals surface area contributed by atoms with E-state index in [0.29, 0.717) is 0 Å². The van der Waals surface area contributed by atoms with E-state index in [-0.39, 0.29) is 26.0 Å². The predicted molar refractivity (Wildman–Crippen MR) is 70.6 cm³/mol. The van der Waals surface area contributed by atoms with E-state index in [1.807, 2.05) is 0 Å². The minimum absolute atomic E-state index is 0.0535. The summed E-state index contributed by atoms with van der Waals surface area (Å²) >= 11 is 0. The molecule has 0 radical (unpaired) electrons. The molecule has 12 nitrogen and oxygen atoms in total. The molecule has 0 aromatic heterocycles. The van der Waals surface area contributed by atoms with Gasteiger partial charge >= 0.3 is 6.09 Å². The van der Waals surface area contributed by atoms with Crippen LogP contribution in [0.5, 0.6) is 0 Å². The summed E-state index contributed by atoms with van der Waals surface area (Å²) in [6.07, 6.45) is 1.78. The highest BCUT2D eigenvalue weighted by Crippen LogP contribution is 1.75. The summed E-state index contributed by atoms with van der Waals surface area (Å²) in [5.74, 6) is -0.220. The number of ether oxygens (including phenoxy) is 2. The number of aliphatic imine (C=N–C) groups is 2. The molecule has 4 N–H and O–H groups in total. The molecule has 12 heteroatoms. The van der Waals surface area contributed by atoms with E-state index in [0.717, 1.165) is 0 Å². The number of hydrogen-bond acceptors (Lipinski definition) is 10. The number of amides is 2. The van der Waals surface area contributed by atoms with E-state index in [2.05, 4.69) is 30.1 Å². The smallest absolute Gasteiger partial charge is 0.410 e. The largest absolute Gasteiger partial charge is 0.422 e. The van der Waals surface area contributed by atoms with E-state index in [1.165, 1.54) is 26.2 Å². The third-order valence-electron chi connectivity index (χ3n) is 1.15. The highest BCUT2D eigenvalue weighted by molar-refractivity contribution is 5.73. The first kappa shape index (κ1) is 24.4. The van der Waals surface area contributed by atoms with E-state index in [1.54, 1.807) is 0 Å². The molecule has 0 aliphatic rings. The summed E-state index contributed by atoms with van der Waals surface area (Å²) in [6.45, 7) is 0.388. The molecule has 0 saturated carbocycles. The van der Waals surface area contributed by atoms with Gasteiger partial charge in [0.2, 0.25) is 18.1 Å². The van der Waals surface area contributed by atoms with Gasteiger partial charge in [0.1, 0.15) is 6.79 Å². The Kier molecular flexibility index (Phi) is 26.0. The lowest BCUT2D eigenvalue weighted by Crippen LogP contribution is -2.36. The number of aliphatic hydroxyl groups is 2. The maximum Gasteiger partial charge on any atom is 0.410 e. The van der Waals surface area contributed by atoms with Gasteiger partial charge in [0.25, 0.3) is 0 Å². The van der Waals surface area contributed by atoms with Crippen LogP contribution in [0.25, 0.3) is 0 Å². The molecule has 0 bridgehead atoms. The van der Waals surface area contributed by atoms with Gasteiger partial charge in [-0.15, -0.1) is 0 Å². The van der Waals surface area contributed by atoms with Crippen molar-refractivity contribution in [1.29, 1.82) is 0 Å². The zero-order valence-electron chi connectivity index (χ0n) is 12.1. The number of rotatable bonds is 6. The van der Waals surface area contributed by atoms with Crippen molar-refractivity contribution in [3.63, 3.8) is 0 Å². The second-order valence-electron chi connectivity index (χ2n) is 2.71. The molecule has 0 rings (SSSR count). The topological polar surface area (TPSA) is 176 Å². The molecule has 0 saturated heterocycles. The summed E-state index contributed by atoms with van der Waals surface area (Å²) in [5, 5.41) is 18.9. The van der Waals surface area contributed by atoms with Crippen molar-refractivity contribution >= 4 is 24.2 Å². The van der Waals surface area contributed by atoms with E-state index in [9.17, 15) is 19.2 Å². The Morgan fingerprint density at radius 3 is 2.00 bits per heavy atom. The number of alkyl carbamates (subject to hydrolysis) is 1. The van der Waals surface area contributed by atoms with Crippen LogP contribution in [0.2, 0.25) is 0 Å². The van der Waals surface area contributed by atoms with Crippen molar-refractivity contribution in [2.24, 2.45) is 9.98 Å². The summed E-state index contributed by atoms with van der Waals surface area (Å²) in [5.41, 5.74) is 0. The van der Waals surface area contributed by atoms with E-state index in [4.69, 9.17) is 10.2 Å². The van der Waals surface area contributed by atoms with Crippen molar-refractivity contribution in [2.75, 3.05) is 34.0 Å². The van der Waals surface area contributed by atoms with Gasteiger partial charge in [-0.25, -0.2) is 14.4 Å². The third kappa shape index (κ3) is 36.0. The fourth-order valence-electron chi connectivity index (χ4n) is 0.497. The molecule has 0 heterocycles. The van der Waals surface area contributed by atoms with E-state index >= 15 is 0 Å². The summed E-state index contributed by atoms with van der Waals surface area (Å²) in [4.78, 5) is 45.2. The normalized spacial score (nSPS) is 7.45. The van der Waals surface area contributed by atoms with Gasteiger partial charge < -0.3 is 30.3 Å². The highest BCUT2D eigenvalue weighted by Gasteiger charge is 1.98. The van der Waals surface area contributed by atoms with Crippen molar-refractivity contribution in [3.8, 4) is 0 Å². The lowest BCUT2D eigenvalue weighted by molar-refractivity contribution is -0.119.